The lowest BCUT2D eigenvalue weighted by atomic mass is 9.93. The molecule has 20 heavy (non-hydrogen) atoms. The Morgan fingerprint density at radius 1 is 1.50 bits per heavy atom. The van der Waals surface area contributed by atoms with Crippen LogP contribution in [0.1, 0.15) is 33.6 Å². The van der Waals surface area contributed by atoms with Crippen LogP contribution < -0.4 is 5.32 Å². The van der Waals surface area contributed by atoms with Gasteiger partial charge in [0.25, 0.3) is 0 Å². The largest absolute Gasteiger partial charge is 0.369 e. The first kappa shape index (κ1) is 16.2. The van der Waals surface area contributed by atoms with E-state index in [2.05, 4.69) is 63.5 Å². The number of aromatic nitrogens is 2. The van der Waals surface area contributed by atoms with E-state index in [-0.39, 0.29) is 5.54 Å². The van der Waals surface area contributed by atoms with Crippen molar-refractivity contribution in [2.45, 2.75) is 39.2 Å². The molecule has 1 saturated heterocycles. The summed E-state index contributed by atoms with van der Waals surface area (Å²) in [5.41, 5.74) is 0.255. The van der Waals surface area contributed by atoms with E-state index in [9.17, 15) is 0 Å². The second-order valence-corrected chi connectivity index (χ2v) is 7.84. The zero-order valence-corrected chi connectivity index (χ0v) is 15.2. The van der Waals surface area contributed by atoms with Crippen molar-refractivity contribution in [2.24, 2.45) is 5.92 Å². The molecule has 1 aromatic heterocycles. The van der Waals surface area contributed by atoms with E-state index in [1.165, 1.54) is 19.4 Å². The van der Waals surface area contributed by atoms with Crippen LogP contribution in [0.4, 0.5) is 5.82 Å². The number of likely N-dealkylation sites (tertiary alicyclic amines) is 1. The fraction of sp³-hybridized carbons (Fsp3) is 0.714. The summed E-state index contributed by atoms with van der Waals surface area (Å²) < 4.78 is 1.01. The average Bonchev–Trinajstić information content (AvgIpc) is 2.39. The van der Waals surface area contributed by atoms with Crippen molar-refractivity contribution >= 4 is 40.0 Å². The molecule has 1 fully saturated rings. The Labute approximate surface area is 139 Å². The highest BCUT2D eigenvalue weighted by Gasteiger charge is 2.27. The van der Waals surface area contributed by atoms with Gasteiger partial charge in [0.1, 0.15) is 5.82 Å². The molecular weight excluding hydrogens is 387 g/mol. The van der Waals surface area contributed by atoms with Crippen molar-refractivity contribution in [1.82, 2.24) is 14.9 Å². The third kappa shape index (κ3) is 4.43. The van der Waals surface area contributed by atoms with Crippen molar-refractivity contribution in [3.05, 3.63) is 15.1 Å². The molecule has 1 atom stereocenters. The fourth-order valence-corrected chi connectivity index (χ4v) is 3.14. The summed E-state index contributed by atoms with van der Waals surface area (Å²) in [5.74, 6) is 1.51. The summed E-state index contributed by atoms with van der Waals surface area (Å²) in [5, 5.41) is 3.72. The molecule has 0 amide bonds. The number of hydrogen-bond acceptors (Lipinski definition) is 4. The molecular formula is C14H22ClIN4. The first-order valence-electron chi connectivity index (χ1n) is 7.03. The summed E-state index contributed by atoms with van der Waals surface area (Å²) in [6.07, 6.45) is 4.29. The van der Waals surface area contributed by atoms with Crippen molar-refractivity contribution in [3.63, 3.8) is 0 Å². The van der Waals surface area contributed by atoms with Gasteiger partial charge in [-0.3, -0.25) is 4.90 Å². The van der Waals surface area contributed by atoms with Crippen LogP contribution >= 0.6 is 34.2 Å². The predicted octanol–water partition coefficient (Wildman–Crippen LogP) is 3.66. The SMILES string of the molecule is CC(C)(C)N1CCC[C@@H](CNc2nc(Cl)ncc2I)C1. The molecule has 1 aliphatic heterocycles. The number of rotatable bonds is 3. The Hall–Kier alpha value is -0.140. The predicted molar refractivity (Wildman–Crippen MR) is 92.3 cm³/mol. The second kappa shape index (κ2) is 6.75. The molecule has 4 nitrogen and oxygen atoms in total. The molecule has 0 bridgehead atoms. The summed E-state index contributed by atoms with van der Waals surface area (Å²) in [4.78, 5) is 10.8. The Bertz CT molecular complexity index is 461. The minimum absolute atomic E-state index is 0.255. The van der Waals surface area contributed by atoms with Crippen LogP contribution in [0.15, 0.2) is 6.20 Å². The standard InChI is InChI=1S/C14H22ClIN4/c1-14(2,3)20-6-4-5-10(9-20)7-17-12-11(16)8-18-13(15)19-12/h8,10H,4-7,9H2,1-3H3,(H,17,18,19)/t10-/m0/s1. The molecule has 1 aromatic rings. The van der Waals surface area contributed by atoms with Gasteiger partial charge < -0.3 is 5.32 Å². The molecule has 0 saturated carbocycles. The van der Waals surface area contributed by atoms with Crippen LogP contribution in [0.5, 0.6) is 0 Å². The first-order valence-corrected chi connectivity index (χ1v) is 8.49. The van der Waals surface area contributed by atoms with Gasteiger partial charge in [0.2, 0.25) is 5.28 Å². The van der Waals surface area contributed by atoms with Crippen LogP contribution in [0.3, 0.4) is 0 Å². The molecule has 112 valence electrons. The molecule has 2 heterocycles. The summed E-state index contributed by atoms with van der Waals surface area (Å²) >= 11 is 8.08. The van der Waals surface area contributed by atoms with Crippen LogP contribution in [-0.2, 0) is 0 Å². The normalized spacial score (nSPS) is 20.9. The van der Waals surface area contributed by atoms with Crippen molar-refractivity contribution < 1.29 is 0 Å². The zero-order valence-electron chi connectivity index (χ0n) is 12.3. The van der Waals surface area contributed by atoms with Crippen molar-refractivity contribution in [3.8, 4) is 0 Å². The molecule has 0 aromatic carbocycles. The quantitative estimate of drug-likeness (QED) is 0.612. The second-order valence-electron chi connectivity index (χ2n) is 6.34. The molecule has 1 N–H and O–H groups in total. The smallest absolute Gasteiger partial charge is 0.224 e. The monoisotopic (exact) mass is 408 g/mol. The third-order valence-corrected chi connectivity index (χ3v) is 4.71. The zero-order chi connectivity index (χ0) is 14.8. The lowest BCUT2D eigenvalue weighted by Crippen LogP contribution is -2.48. The summed E-state index contributed by atoms with van der Waals surface area (Å²) in [7, 11) is 0. The molecule has 0 aliphatic carbocycles. The minimum atomic E-state index is 0.255. The molecule has 0 radical (unpaired) electrons. The van der Waals surface area contributed by atoms with E-state index in [0.29, 0.717) is 11.2 Å². The number of anilines is 1. The fourth-order valence-electron chi connectivity index (χ4n) is 2.55. The molecule has 6 heteroatoms. The number of nitrogens with one attached hydrogen (secondary N) is 1. The van der Waals surface area contributed by atoms with Crippen LogP contribution in [0, 0.1) is 9.49 Å². The van der Waals surface area contributed by atoms with Crippen molar-refractivity contribution in [2.75, 3.05) is 25.0 Å². The van der Waals surface area contributed by atoms with E-state index < -0.39 is 0 Å². The Morgan fingerprint density at radius 3 is 2.95 bits per heavy atom. The number of halogens is 2. The van der Waals surface area contributed by atoms with Crippen LogP contribution in [0.2, 0.25) is 5.28 Å². The Kier molecular flexibility index (Phi) is 5.48. The molecule has 0 unspecified atom stereocenters. The van der Waals surface area contributed by atoms with E-state index in [4.69, 9.17) is 11.6 Å². The molecule has 1 aliphatic rings. The first-order chi connectivity index (χ1) is 9.36. The van der Waals surface area contributed by atoms with Crippen LogP contribution in [0.25, 0.3) is 0 Å². The average molecular weight is 409 g/mol. The van der Waals surface area contributed by atoms with E-state index in [1.54, 1.807) is 6.20 Å². The van der Waals surface area contributed by atoms with E-state index in [0.717, 1.165) is 22.5 Å². The van der Waals surface area contributed by atoms with Gasteiger partial charge in [0.05, 0.1) is 3.57 Å². The highest BCUT2D eigenvalue weighted by atomic mass is 127. The lowest BCUT2D eigenvalue weighted by Gasteiger charge is -2.41. The number of hydrogen-bond donors (Lipinski definition) is 1. The van der Waals surface area contributed by atoms with Gasteiger partial charge in [-0.15, -0.1) is 0 Å². The lowest BCUT2D eigenvalue weighted by molar-refractivity contribution is 0.0826. The molecule has 0 spiro atoms. The maximum Gasteiger partial charge on any atom is 0.224 e. The van der Waals surface area contributed by atoms with Gasteiger partial charge in [0.15, 0.2) is 0 Å². The van der Waals surface area contributed by atoms with Crippen molar-refractivity contribution in [1.29, 1.82) is 0 Å². The van der Waals surface area contributed by atoms with Gasteiger partial charge in [-0.05, 0) is 80.3 Å². The molecule has 2 rings (SSSR count). The summed E-state index contributed by atoms with van der Waals surface area (Å²) in [6, 6.07) is 0. The topological polar surface area (TPSA) is 41.0 Å². The van der Waals surface area contributed by atoms with Gasteiger partial charge in [-0.1, -0.05) is 0 Å². The maximum absolute atomic E-state index is 5.85. The number of piperidine rings is 1. The van der Waals surface area contributed by atoms with E-state index in [1.807, 2.05) is 0 Å². The van der Waals surface area contributed by atoms with Gasteiger partial charge in [-0.2, -0.15) is 4.98 Å². The Morgan fingerprint density at radius 2 is 2.25 bits per heavy atom. The number of nitrogens with zero attached hydrogens (tertiary/aromatic N) is 3. The van der Waals surface area contributed by atoms with Crippen LogP contribution in [-0.4, -0.2) is 40.0 Å². The maximum atomic E-state index is 5.85. The third-order valence-electron chi connectivity index (χ3n) is 3.74. The van der Waals surface area contributed by atoms with E-state index >= 15 is 0 Å². The van der Waals surface area contributed by atoms with Gasteiger partial charge in [-0.25, -0.2) is 4.98 Å². The summed E-state index contributed by atoms with van der Waals surface area (Å²) in [6.45, 7) is 10.2. The minimum Gasteiger partial charge on any atom is -0.369 e. The highest BCUT2D eigenvalue weighted by molar-refractivity contribution is 14.1. The van der Waals surface area contributed by atoms with Gasteiger partial charge in [0, 0.05) is 24.8 Å². The Balaban J connectivity index is 1.92. The van der Waals surface area contributed by atoms with Gasteiger partial charge >= 0.3 is 0 Å². The highest BCUT2D eigenvalue weighted by Crippen LogP contribution is 2.24.